The normalized spacial score (nSPS) is 22.6. The van der Waals surface area contributed by atoms with Crippen LogP contribution in [0.3, 0.4) is 0 Å². The van der Waals surface area contributed by atoms with E-state index in [1.54, 1.807) is 12.1 Å². The molecule has 0 radical (unpaired) electrons. The van der Waals surface area contributed by atoms with Crippen LogP contribution in [-0.4, -0.2) is 14.5 Å². The van der Waals surface area contributed by atoms with Gasteiger partial charge in [0.25, 0.3) is 0 Å². The quantitative estimate of drug-likeness (QED) is 0.864. The molecule has 1 aliphatic carbocycles. The molecule has 104 valence electrons. The zero-order valence-corrected chi connectivity index (χ0v) is 12.3. The van der Waals surface area contributed by atoms with Crippen molar-refractivity contribution in [2.45, 2.75) is 50.5 Å². The van der Waals surface area contributed by atoms with Gasteiger partial charge in [0.2, 0.25) is 10.0 Å². The predicted molar refractivity (Wildman–Crippen MR) is 77.5 cm³/mol. The van der Waals surface area contributed by atoms with Gasteiger partial charge in [0, 0.05) is 6.04 Å². The zero-order chi connectivity index (χ0) is 13.9. The van der Waals surface area contributed by atoms with E-state index >= 15 is 0 Å². The molecule has 0 unspecified atom stereocenters. The first-order valence-electron chi connectivity index (χ1n) is 6.77. The number of hydrogen-bond donors (Lipinski definition) is 1. The Bertz CT molecular complexity index is 558. The first-order chi connectivity index (χ1) is 9.03. The van der Waals surface area contributed by atoms with Crippen LogP contribution in [0.4, 0.5) is 0 Å². The molecule has 1 N–H and O–H groups in total. The second-order valence-corrected chi connectivity index (χ2v) is 6.81. The second-order valence-electron chi connectivity index (χ2n) is 5.10. The van der Waals surface area contributed by atoms with E-state index < -0.39 is 10.0 Å². The molecule has 3 nitrogen and oxygen atoms in total. The predicted octanol–water partition coefficient (Wildman–Crippen LogP) is 3.16. The Morgan fingerprint density at radius 1 is 1.21 bits per heavy atom. The fourth-order valence-corrected chi connectivity index (χ4v) is 3.76. The highest BCUT2D eigenvalue weighted by Crippen LogP contribution is 2.25. The lowest BCUT2D eigenvalue weighted by Gasteiger charge is -2.26. The van der Waals surface area contributed by atoms with Gasteiger partial charge in [-0.25, -0.2) is 13.1 Å². The average Bonchev–Trinajstić information content (AvgIpc) is 2.39. The number of aryl methyl sites for hydroxylation is 1. The Labute approximate surface area is 115 Å². The lowest BCUT2D eigenvalue weighted by molar-refractivity contribution is 0.493. The molecule has 4 heteroatoms. The van der Waals surface area contributed by atoms with Crippen molar-refractivity contribution in [3.63, 3.8) is 0 Å². The van der Waals surface area contributed by atoms with Gasteiger partial charge in [-0.1, -0.05) is 35.8 Å². The second kappa shape index (κ2) is 5.88. The van der Waals surface area contributed by atoms with Crippen molar-refractivity contribution in [1.29, 1.82) is 0 Å². The van der Waals surface area contributed by atoms with E-state index in [4.69, 9.17) is 0 Å². The SMILES string of the molecule is C/C=C1\CCCC[C@H]1NS(=O)(=O)c1ccc(C)cc1. The van der Waals surface area contributed by atoms with Crippen LogP contribution in [0.25, 0.3) is 0 Å². The highest BCUT2D eigenvalue weighted by molar-refractivity contribution is 7.89. The monoisotopic (exact) mass is 279 g/mol. The molecule has 0 aromatic heterocycles. The first-order valence-corrected chi connectivity index (χ1v) is 8.25. The molecule has 2 rings (SSSR count). The summed E-state index contributed by atoms with van der Waals surface area (Å²) >= 11 is 0. The van der Waals surface area contributed by atoms with Gasteiger partial charge in [0.1, 0.15) is 0 Å². The van der Waals surface area contributed by atoms with Gasteiger partial charge in [0.15, 0.2) is 0 Å². The van der Waals surface area contributed by atoms with Gasteiger partial charge in [0.05, 0.1) is 4.90 Å². The topological polar surface area (TPSA) is 46.2 Å². The zero-order valence-electron chi connectivity index (χ0n) is 11.5. The van der Waals surface area contributed by atoms with E-state index in [-0.39, 0.29) is 6.04 Å². The number of benzene rings is 1. The molecule has 0 saturated heterocycles. The fraction of sp³-hybridized carbons (Fsp3) is 0.467. The van der Waals surface area contributed by atoms with E-state index in [0.717, 1.165) is 31.2 Å². The minimum Gasteiger partial charge on any atom is -0.207 e. The molecule has 19 heavy (non-hydrogen) atoms. The molecule has 1 aromatic rings. The summed E-state index contributed by atoms with van der Waals surface area (Å²) in [6.07, 6.45) is 6.17. The number of allylic oxidation sites excluding steroid dienone is 1. The molecule has 0 aliphatic heterocycles. The average molecular weight is 279 g/mol. The summed E-state index contributed by atoms with van der Waals surface area (Å²) in [5.74, 6) is 0. The van der Waals surface area contributed by atoms with Gasteiger partial charge < -0.3 is 0 Å². The minimum atomic E-state index is -3.41. The summed E-state index contributed by atoms with van der Waals surface area (Å²) in [5, 5.41) is 0. The molecule has 0 amide bonds. The molecule has 1 saturated carbocycles. The number of hydrogen-bond acceptors (Lipinski definition) is 2. The maximum absolute atomic E-state index is 12.3. The third-order valence-corrected chi connectivity index (χ3v) is 5.14. The summed E-state index contributed by atoms with van der Waals surface area (Å²) in [5.41, 5.74) is 2.27. The maximum Gasteiger partial charge on any atom is 0.241 e. The van der Waals surface area contributed by atoms with Crippen LogP contribution in [0, 0.1) is 6.92 Å². The molecule has 1 fully saturated rings. The highest BCUT2D eigenvalue weighted by Gasteiger charge is 2.24. The molecule has 0 spiro atoms. The number of nitrogens with one attached hydrogen (secondary N) is 1. The van der Waals surface area contributed by atoms with Gasteiger partial charge in [-0.3, -0.25) is 0 Å². The van der Waals surface area contributed by atoms with Crippen molar-refractivity contribution >= 4 is 10.0 Å². The van der Waals surface area contributed by atoms with E-state index in [2.05, 4.69) is 4.72 Å². The summed E-state index contributed by atoms with van der Waals surface area (Å²) in [7, 11) is -3.41. The summed E-state index contributed by atoms with van der Waals surface area (Å²) in [6.45, 7) is 3.93. The van der Waals surface area contributed by atoms with E-state index in [1.165, 1.54) is 5.57 Å². The Hall–Kier alpha value is -1.13. The van der Waals surface area contributed by atoms with Gasteiger partial charge in [-0.2, -0.15) is 0 Å². The van der Waals surface area contributed by atoms with Crippen LogP contribution in [0.15, 0.2) is 40.8 Å². The molecule has 1 aliphatic rings. The van der Waals surface area contributed by atoms with Crippen LogP contribution < -0.4 is 4.72 Å². The van der Waals surface area contributed by atoms with Crippen LogP contribution in [-0.2, 0) is 10.0 Å². The van der Waals surface area contributed by atoms with Crippen molar-refractivity contribution in [3.8, 4) is 0 Å². The van der Waals surface area contributed by atoms with E-state index in [0.29, 0.717) is 4.90 Å². The number of rotatable bonds is 3. The molecule has 1 atom stereocenters. The minimum absolute atomic E-state index is 0.0370. The lowest BCUT2D eigenvalue weighted by Crippen LogP contribution is -2.37. The third kappa shape index (κ3) is 3.45. The molecule has 0 heterocycles. The smallest absolute Gasteiger partial charge is 0.207 e. The standard InChI is InChI=1S/C15H21NO2S/c1-3-13-6-4-5-7-15(13)16-19(17,18)14-10-8-12(2)9-11-14/h3,8-11,15-16H,4-7H2,1-2H3/b13-3+/t15-/m1/s1. The van der Waals surface area contributed by atoms with Gasteiger partial charge in [-0.15, -0.1) is 0 Å². The van der Waals surface area contributed by atoms with Crippen LogP contribution >= 0.6 is 0 Å². The Kier molecular flexibility index (Phi) is 4.42. The Morgan fingerprint density at radius 3 is 2.53 bits per heavy atom. The number of sulfonamides is 1. The highest BCUT2D eigenvalue weighted by atomic mass is 32.2. The van der Waals surface area contributed by atoms with Crippen molar-refractivity contribution in [2.75, 3.05) is 0 Å². The fourth-order valence-electron chi connectivity index (χ4n) is 2.49. The van der Waals surface area contributed by atoms with Crippen molar-refractivity contribution in [2.24, 2.45) is 0 Å². The maximum atomic E-state index is 12.3. The Morgan fingerprint density at radius 2 is 1.89 bits per heavy atom. The molecule has 0 bridgehead atoms. The van der Waals surface area contributed by atoms with Crippen molar-refractivity contribution in [3.05, 3.63) is 41.5 Å². The lowest BCUT2D eigenvalue weighted by atomic mass is 9.90. The van der Waals surface area contributed by atoms with E-state index in [1.807, 2.05) is 32.1 Å². The van der Waals surface area contributed by atoms with E-state index in [9.17, 15) is 8.42 Å². The van der Waals surface area contributed by atoms with Crippen LogP contribution in [0.2, 0.25) is 0 Å². The van der Waals surface area contributed by atoms with Crippen LogP contribution in [0.5, 0.6) is 0 Å². The van der Waals surface area contributed by atoms with Crippen molar-refractivity contribution < 1.29 is 8.42 Å². The summed E-state index contributed by atoms with van der Waals surface area (Å²) in [4.78, 5) is 0.346. The third-order valence-electron chi connectivity index (χ3n) is 3.66. The molecule has 1 aromatic carbocycles. The van der Waals surface area contributed by atoms with Gasteiger partial charge >= 0.3 is 0 Å². The van der Waals surface area contributed by atoms with Gasteiger partial charge in [-0.05, 0) is 45.2 Å². The van der Waals surface area contributed by atoms with Crippen LogP contribution in [0.1, 0.15) is 38.2 Å². The first kappa shape index (κ1) is 14.3. The molecular formula is C15H21NO2S. The summed E-state index contributed by atoms with van der Waals surface area (Å²) in [6, 6.07) is 6.94. The Balaban J connectivity index is 2.19. The largest absolute Gasteiger partial charge is 0.241 e. The molecular weight excluding hydrogens is 258 g/mol. The summed E-state index contributed by atoms with van der Waals surface area (Å²) < 4.78 is 27.5. The van der Waals surface area contributed by atoms with Crippen molar-refractivity contribution in [1.82, 2.24) is 4.72 Å².